The first-order valence-corrected chi connectivity index (χ1v) is 11.6. The van der Waals surface area contributed by atoms with Crippen LogP contribution in [0.1, 0.15) is 29.5 Å². The lowest BCUT2D eigenvalue weighted by Crippen LogP contribution is -2.43. The van der Waals surface area contributed by atoms with Crippen molar-refractivity contribution in [2.45, 2.75) is 33.1 Å². The summed E-state index contributed by atoms with van der Waals surface area (Å²) in [6, 6.07) is 12.9. The third-order valence-electron chi connectivity index (χ3n) is 5.98. The van der Waals surface area contributed by atoms with Crippen molar-refractivity contribution in [1.82, 2.24) is 15.1 Å². The van der Waals surface area contributed by atoms with E-state index in [-0.39, 0.29) is 18.4 Å². The van der Waals surface area contributed by atoms with Crippen molar-refractivity contribution in [3.63, 3.8) is 0 Å². The van der Waals surface area contributed by atoms with E-state index in [4.69, 9.17) is 4.74 Å². The van der Waals surface area contributed by atoms with E-state index in [0.717, 1.165) is 28.9 Å². The van der Waals surface area contributed by atoms with Gasteiger partial charge in [0.15, 0.2) is 0 Å². The molecule has 8 nitrogen and oxygen atoms in total. The Balaban J connectivity index is 1.41. The molecule has 2 aromatic carbocycles. The maximum absolute atomic E-state index is 12.7. The van der Waals surface area contributed by atoms with E-state index in [9.17, 15) is 14.4 Å². The number of benzene rings is 2. The van der Waals surface area contributed by atoms with Gasteiger partial charge in [-0.25, -0.2) is 4.79 Å². The number of amides is 4. The maximum Gasteiger partial charge on any atom is 0.325 e. The number of ether oxygens (including phenoxy) is 1. The standard InChI is InChI=1S/C26H34N4O4/c1-19-5-11-23(20(2)17-19)27-26(33)28-24(31)18-29-13-4-14-30(16-15-29)25(32)12-8-21-6-9-22(34-3)10-7-21/h5-7,9-11,17H,4,8,12-16,18H2,1-3H3,(H2,27,28,31,33). The minimum atomic E-state index is -0.540. The molecule has 1 aliphatic rings. The molecular weight excluding hydrogens is 432 g/mol. The number of carbonyl (C=O) groups excluding carboxylic acids is 3. The van der Waals surface area contributed by atoms with Crippen LogP contribution < -0.4 is 15.4 Å². The van der Waals surface area contributed by atoms with Gasteiger partial charge in [0.25, 0.3) is 0 Å². The number of hydrogen-bond acceptors (Lipinski definition) is 5. The predicted octanol–water partition coefficient (Wildman–Crippen LogP) is 3.13. The highest BCUT2D eigenvalue weighted by Crippen LogP contribution is 2.16. The molecule has 0 radical (unpaired) electrons. The highest BCUT2D eigenvalue weighted by atomic mass is 16.5. The Labute approximate surface area is 201 Å². The molecule has 34 heavy (non-hydrogen) atoms. The van der Waals surface area contributed by atoms with Gasteiger partial charge in [-0.2, -0.15) is 0 Å². The Kier molecular flexibility index (Phi) is 9.04. The van der Waals surface area contributed by atoms with E-state index in [1.807, 2.05) is 66.1 Å². The summed E-state index contributed by atoms with van der Waals surface area (Å²) in [6.45, 7) is 6.56. The number of hydrogen-bond donors (Lipinski definition) is 2. The molecule has 0 atom stereocenters. The monoisotopic (exact) mass is 466 g/mol. The second kappa shape index (κ2) is 12.2. The molecular formula is C26H34N4O4. The summed E-state index contributed by atoms with van der Waals surface area (Å²) >= 11 is 0. The molecule has 1 saturated heterocycles. The Morgan fingerprint density at radius 1 is 0.971 bits per heavy atom. The van der Waals surface area contributed by atoms with E-state index in [1.165, 1.54) is 0 Å². The number of anilines is 1. The number of methoxy groups -OCH3 is 1. The summed E-state index contributed by atoms with van der Waals surface area (Å²) in [6.07, 6.45) is 1.92. The number of carbonyl (C=O) groups is 3. The van der Waals surface area contributed by atoms with E-state index in [1.54, 1.807) is 7.11 Å². The van der Waals surface area contributed by atoms with Crippen molar-refractivity contribution in [2.24, 2.45) is 0 Å². The van der Waals surface area contributed by atoms with Crippen LogP contribution in [0.2, 0.25) is 0 Å². The normalized spacial score (nSPS) is 14.3. The molecule has 8 heteroatoms. The van der Waals surface area contributed by atoms with Gasteiger partial charge in [-0.1, -0.05) is 29.8 Å². The summed E-state index contributed by atoms with van der Waals surface area (Å²) in [7, 11) is 1.63. The zero-order chi connectivity index (χ0) is 24.5. The first-order chi connectivity index (χ1) is 16.3. The van der Waals surface area contributed by atoms with E-state index < -0.39 is 6.03 Å². The molecule has 0 unspecified atom stereocenters. The third kappa shape index (κ3) is 7.59. The van der Waals surface area contributed by atoms with Crippen LogP contribution in [0.5, 0.6) is 5.75 Å². The summed E-state index contributed by atoms with van der Waals surface area (Å²) < 4.78 is 5.17. The molecule has 0 bridgehead atoms. The van der Waals surface area contributed by atoms with Crippen molar-refractivity contribution in [3.05, 3.63) is 59.2 Å². The minimum absolute atomic E-state index is 0.119. The van der Waals surface area contributed by atoms with Gasteiger partial charge in [-0.05, 0) is 56.0 Å². The average Bonchev–Trinajstić information content (AvgIpc) is 3.05. The molecule has 182 valence electrons. The third-order valence-corrected chi connectivity index (χ3v) is 5.98. The number of rotatable bonds is 7. The summed E-state index contributed by atoms with van der Waals surface area (Å²) in [5.41, 5.74) is 3.82. The smallest absolute Gasteiger partial charge is 0.325 e. The molecule has 1 aliphatic heterocycles. The van der Waals surface area contributed by atoms with Crippen LogP contribution >= 0.6 is 0 Å². The topological polar surface area (TPSA) is 91.0 Å². The first-order valence-electron chi connectivity index (χ1n) is 11.6. The van der Waals surface area contributed by atoms with Crippen molar-refractivity contribution >= 4 is 23.5 Å². The van der Waals surface area contributed by atoms with E-state index in [2.05, 4.69) is 10.6 Å². The summed E-state index contributed by atoms with van der Waals surface area (Å²) in [5, 5.41) is 5.12. The second-order valence-electron chi connectivity index (χ2n) is 8.68. The van der Waals surface area contributed by atoms with Crippen LogP contribution in [0, 0.1) is 13.8 Å². The number of aryl methyl sites for hydroxylation is 3. The molecule has 2 N–H and O–H groups in total. The van der Waals surface area contributed by atoms with Crippen molar-refractivity contribution < 1.29 is 19.1 Å². The maximum atomic E-state index is 12.7. The molecule has 4 amide bonds. The molecule has 1 heterocycles. The van der Waals surface area contributed by atoms with Crippen molar-refractivity contribution in [3.8, 4) is 5.75 Å². The second-order valence-corrected chi connectivity index (χ2v) is 8.68. The first kappa shape index (κ1) is 25.2. The Morgan fingerprint density at radius 3 is 2.44 bits per heavy atom. The van der Waals surface area contributed by atoms with Gasteiger partial charge >= 0.3 is 6.03 Å². The SMILES string of the molecule is COc1ccc(CCC(=O)N2CCCN(CC(=O)NC(=O)Nc3ccc(C)cc3C)CC2)cc1. The van der Waals surface area contributed by atoms with Gasteiger partial charge < -0.3 is 15.0 Å². The number of nitrogens with one attached hydrogen (secondary N) is 2. The van der Waals surface area contributed by atoms with Gasteiger partial charge in [0.1, 0.15) is 5.75 Å². The molecule has 0 saturated carbocycles. The van der Waals surface area contributed by atoms with Crippen LogP contribution in [0.4, 0.5) is 10.5 Å². The average molecular weight is 467 g/mol. The molecule has 0 aromatic heterocycles. The van der Waals surface area contributed by atoms with Crippen LogP contribution in [-0.4, -0.2) is 67.5 Å². The molecule has 1 fully saturated rings. The van der Waals surface area contributed by atoms with Gasteiger partial charge in [0, 0.05) is 38.3 Å². The van der Waals surface area contributed by atoms with Gasteiger partial charge in [-0.15, -0.1) is 0 Å². The van der Waals surface area contributed by atoms with Gasteiger partial charge in [0.2, 0.25) is 11.8 Å². The number of nitrogens with zero attached hydrogens (tertiary/aromatic N) is 2. The molecule has 3 rings (SSSR count). The predicted molar refractivity (Wildman–Crippen MR) is 132 cm³/mol. The minimum Gasteiger partial charge on any atom is -0.497 e. The molecule has 0 aliphatic carbocycles. The number of imide groups is 1. The fourth-order valence-electron chi connectivity index (χ4n) is 4.06. The summed E-state index contributed by atoms with van der Waals surface area (Å²) in [4.78, 5) is 41.1. The van der Waals surface area contributed by atoms with E-state index in [0.29, 0.717) is 44.7 Å². The highest BCUT2D eigenvalue weighted by Gasteiger charge is 2.21. The Morgan fingerprint density at radius 2 is 1.74 bits per heavy atom. The number of urea groups is 1. The largest absolute Gasteiger partial charge is 0.497 e. The molecule has 2 aromatic rings. The fraction of sp³-hybridized carbons (Fsp3) is 0.423. The van der Waals surface area contributed by atoms with Crippen LogP contribution in [0.15, 0.2) is 42.5 Å². The quantitative estimate of drug-likeness (QED) is 0.654. The fourth-order valence-corrected chi connectivity index (χ4v) is 4.06. The zero-order valence-corrected chi connectivity index (χ0v) is 20.2. The van der Waals surface area contributed by atoms with Crippen molar-refractivity contribution in [1.29, 1.82) is 0 Å². The van der Waals surface area contributed by atoms with Gasteiger partial charge in [0.05, 0.1) is 13.7 Å². The lowest BCUT2D eigenvalue weighted by molar-refractivity contribution is -0.131. The van der Waals surface area contributed by atoms with Crippen LogP contribution in [-0.2, 0) is 16.0 Å². The molecule has 0 spiro atoms. The highest BCUT2D eigenvalue weighted by molar-refractivity contribution is 6.02. The lowest BCUT2D eigenvalue weighted by atomic mass is 10.1. The Hall–Kier alpha value is -3.39. The van der Waals surface area contributed by atoms with Crippen molar-refractivity contribution in [2.75, 3.05) is 45.2 Å². The van der Waals surface area contributed by atoms with Gasteiger partial charge in [-0.3, -0.25) is 19.8 Å². The lowest BCUT2D eigenvalue weighted by Gasteiger charge is -2.22. The summed E-state index contributed by atoms with van der Waals surface area (Å²) in [5.74, 6) is 0.561. The van der Waals surface area contributed by atoms with E-state index >= 15 is 0 Å². The zero-order valence-electron chi connectivity index (χ0n) is 20.2. The Bertz CT molecular complexity index is 1010. The van der Waals surface area contributed by atoms with Crippen LogP contribution in [0.25, 0.3) is 0 Å². The van der Waals surface area contributed by atoms with Crippen LogP contribution in [0.3, 0.4) is 0 Å².